The average molecular weight is 354 g/mol. The molecule has 0 spiro atoms. The van der Waals surface area contributed by atoms with Crippen LogP contribution in [0.4, 0.5) is 5.69 Å². The fraction of sp³-hybridized carbons (Fsp3) is 0.421. The maximum absolute atomic E-state index is 12.4. The van der Waals surface area contributed by atoms with Crippen molar-refractivity contribution < 1.29 is 14.7 Å². The first-order valence-electron chi connectivity index (χ1n) is 8.98. The SMILES string of the molecule is O=C(Cc1cccc(N2CCCC2=O)c1)N[C@H]1C[C@@H](O)[C@@H]1n1cccn1. The van der Waals surface area contributed by atoms with E-state index in [1.807, 2.05) is 24.3 Å². The number of carbonyl (C=O) groups excluding carboxylic acids is 2. The molecule has 2 heterocycles. The van der Waals surface area contributed by atoms with Crippen molar-refractivity contribution in [2.45, 2.75) is 43.9 Å². The summed E-state index contributed by atoms with van der Waals surface area (Å²) in [5.41, 5.74) is 1.72. The molecule has 0 bridgehead atoms. The Bertz CT molecular complexity index is 805. The van der Waals surface area contributed by atoms with Crippen molar-refractivity contribution in [1.82, 2.24) is 15.1 Å². The Morgan fingerprint density at radius 2 is 2.23 bits per heavy atom. The molecule has 1 saturated carbocycles. The molecular formula is C19H22N4O3. The third kappa shape index (κ3) is 3.22. The standard InChI is InChI=1S/C19H22N4O3/c24-16-12-15(19(16)23-9-3-7-20-23)21-17(25)11-13-4-1-5-14(10-13)22-8-2-6-18(22)26/h1,3-5,7,9-10,15-16,19,24H,2,6,8,11-12H2,(H,21,25)/t15-,16+,19+/m0/s1. The predicted octanol–water partition coefficient (Wildman–Crippen LogP) is 1.04. The van der Waals surface area contributed by atoms with Crippen LogP contribution in [0.15, 0.2) is 42.7 Å². The van der Waals surface area contributed by atoms with Crippen LogP contribution in [0.1, 0.15) is 30.9 Å². The van der Waals surface area contributed by atoms with Crippen molar-refractivity contribution >= 4 is 17.5 Å². The molecule has 136 valence electrons. The van der Waals surface area contributed by atoms with Gasteiger partial charge in [0.15, 0.2) is 0 Å². The number of aliphatic hydroxyl groups excluding tert-OH is 1. The molecule has 2 N–H and O–H groups in total. The molecule has 2 amide bonds. The Morgan fingerprint density at radius 1 is 1.35 bits per heavy atom. The van der Waals surface area contributed by atoms with Crippen LogP contribution >= 0.6 is 0 Å². The Morgan fingerprint density at radius 3 is 2.92 bits per heavy atom. The zero-order valence-electron chi connectivity index (χ0n) is 14.4. The lowest BCUT2D eigenvalue weighted by Crippen LogP contribution is -2.56. The smallest absolute Gasteiger partial charge is 0.227 e. The summed E-state index contributed by atoms with van der Waals surface area (Å²) in [7, 11) is 0. The second kappa shape index (κ2) is 6.92. The number of hydrogen-bond acceptors (Lipinski definition) is 4. The normalized spacial score (nSPS) is 25.2. The molecule has 2 aromatic rings. The van der Waals surface area contributed by atoms with E-state index in [0.29, 0.717) is 12.8 Å². The highest BCUT2D eigenvalue weighted by Gasteiger charge is 2.42. The summed E-state index contributed by atoms with van der Waals surface area (Å²) in [5, 5.41) is 17.1. The number of benzene rings is 1. The first-order chi connectivity index (χ1) is 12.6. The molecular weight excluding hydrogens is 332 g/mol. The van der Waals surface area contributed by atoms with Crippen LogP contribution in [0.2, 0.25) is 0 Å². The third-order valence-electron chi connectivity index (χ3n) is 5.14. The van der Waals surface area contributed by atoms with E-state index in [1.54, 1.807) is 28.0 Å². The maximum atomic E-state index is 12.4. The van der Waals surface area contributed by atoms with Crippen molar-refractivity contribution in [3.8, 4) is 0 Å². The van der Waals surface area contributed by atoms with E-state index in [2.05, 4.69) is 10.4 Å². The number of aliphatic hydroxyl groups is 1. The monoisotopic (exact) mass is 354 g/mol. The molecule has 1 aliphatic carbocycles. The van der Waals surface area contributed by atoms with Crippen LogP contribution in [-0.4, -0.2) is 45.4 Å². The second-order valence-electron chi connectivity index (χ2n) is 6.95. The van der Waals surface area contributed by atoms with Gasteiger partial charge < -0.3 is 15.3 Å². The zero-order chi connectivity index (χ0) is 18.1. The van der Waals surface area contributed by atoms with Crippen molar-refractivity contribution in [2.75, 3.05) is 11.4 Å². The van der Waals surface area contributed by atoms with E-state index < -0.39 is 6.10 Å². The molecule has 1 aliphatic heterocycles. The molecule has 4 rings (SSSR count). The van der Waals surface area contributed by atoms with Crippen molar-refractivity contribution in [3.05, 3.63) is 48.3 Å². The van der Waals surface area contributed by atoms with Crippen molar-refractivity contribution in [1.29, 1.82) is 0 Å². The Labute approximate surface area is 151 Å². The molecule has 7 nitrogen and oxygen atoms in total. The molecule has 1 saturated heterocycles. The minimum atomic E-state index is -0.496. The lowest BCUT2D eigenvalue weighted by Gasteiger charge is -2.41. The first kappa shape index (κ1) is 16.8. The topological polar surface area (TPSA) is 87.5 Å². The summed E-state index contributed by atoms with van der Waals surface area (Å²) >= 11 is 0. The van der Waals surface area contributed by atoms with E-state index in [-0.39, 0.29) is 30.3 Å². The fourth-order valence-corrected chi connectivity index (χ4v) is 3.77. The Hall–Kier alpha value is -2.67. The zero-order valence-corrected chi connectivity index (χ0v) is 14.4. The number of nitrogens with zero attached hydrogens (tertiary/aromatic N) is 3. The molecule has 2 aliphatic rings. The van der Waals surface area contributed by atoms with Crippen molar-refractivity contribution in [2.24, 2.45) is 0 Å². The fourth-order valence-electron chi connectivity index (χ4n) is 3.77. The highest BCUT2D eigenvalue weighted by Crippen LogP contribution is 2.32. The minimum Gasteiger partial charge on any atom is -0.391 e. The Balaban J connectivity index is 1.39. The van der Waals surface area contributed by atoms with Gasteiger partial charge in [-0.2, -0.15) is 5.10 Å². The summed E-state index contributed by atoms with van der Waals surface area (Å²) in [5.74, 6) is 0.0427. The summed E-state index contributed by atoms with van der Waals surface area (Å²) in [6, 6.07) is 9.04. The third-order valence-corrected chi connectivity index (χ3v) is 5.14. The number of carbonyl (C=O) groups is 2. The molecule has 7 heteroatoms. The lowest BCUT2D eigenvalue weighted by atomic mass is 9.83. The van der Waals surface area contributed by atoms with E-state index in [9.17, 15) is 14.7 Å². The molecule has 2 fully saturated rings. The molecule has 1 aromatic heterocycles. The van der Waals surface area contributed by atoms with Gasteiger partial charge in [-0.15, -0.1) is 0 Å². The van der Waals surface area contributed by atoms with E-state index in [1.165, 1.54) is 0 Å². The number of hydrogen-bond donors (Lipinski definition) is 2. The van der Waals surface area contributed by atoms with Gasteiger partial charge in [-0.05, 0) is 36.6 Å². The summed E-state index contributed by atoms with van der Waals surface area (Å²) in [6.45, 7) is 0.736. The van der Waals surface area contributed by atoms with Crippen LogP contribution in [0.25, 0.3) is 0 Å². The molecule has 0 radical (unpaired) electrons. The summed E-state index contributed by atoms with van der Waals surface area (Å²) in [4.78, 5) is 26.1. The van der Waals surface area contributed by atoms with E-state index in [0.717, 1.165) is 24.2 Å². The predicted molar refractivity (Wildman–Crippen MR) is 95.6 cm³/mol. The Kier molecular flexibility index (Phi) is 4.46. The van der Waals surface area contributed by atoms with Gasteiger partial charge in [0.2, 0.25) is 11.8 Å². The van der Waals surface area contributed by atoms with Crippen LogP contribution in [0, 0.1) is 0 Å². The first-order valence-corrected chi connectivity index (χ1v) is 8.98. The quantitative estimate of drug-likeness (QED) is 0.840. The van der Waals surface area contributed by atoms with Gasteiger partial charge in [-0.25, -0.2) is 0 Å². The van der Waals surface area contributed by atoms with Gasteiger partial charge in [-0.3, -0.25) is 14.3 Å². The van der Waals surface area contributed by atoms with Crippen LogP contribution < -0.4 is 10.2 Å². The lowest BCUT2D eigenvalue weighted by molar-refractivity contribution is -0.124. The molecule has 26 heavy (non-hydrogen) atoms. The molecule has 1 aromatic carbocycles. The minimum absolute atomic E-state index is 0.0936. The molecule has 0 unspecified atom stereocenters. The maximum Gasteiger partial charge on any atom is 0.227 e. The van der Waals surface area contributed by atoms with Gasteiger partial charge in [-0.1, -0.05) is 12.1 Å². The summed E-state index contributed by atoms with van der Waals surface area (Å²) < 4.78 is 1.69. The second-order valence-corrected chi connectivity index (χ2v) is 6.95. The van der Waals surface area contributed by atoms with E-state index in [4.69, 9.17) is 0 Å². The average Bonchev–Trinajstić information content (AvgIpc) is 3.26. The van der Waals surface area contributed by atoms with Gasteiger partial charge in [0.1, 0.15) is 0 Å². The van der Waals surface area contributed by atoms with Gasteiger partial charge in [0.25, 0.3) is 0 Å². The van der Waals surface area contributed by atoms with Gasteiger partial charge >= 0.3 is 0 Å². The van der Waals surface area contributed by atoms with Gasteiger partial charge in [0.05, 0.1) is 24.6 Å². The van der Waals surface area contributed by atoms with Crippen LogP contribution in [-0.2, 0) is 16.0 Å². The van der Waals surface area contributed by atoms with Crippen LogP contribution in [0.3, 0.4) is 0 Å². The highest BCUT2D eigenvalue weighted by atomic mass is 16.3. The number of nitrogens with one attached hydrogen (secondary N) is 1. The van der Waals surface area contributed by atoms with Crippen molar-refractivity contribution in [3.63, 3.8) is 0 Å². The molecule has 3 atom stereocenters. The number of rotatable bonds is 5. The largest absolute Gasteiger partial charge is 0.391 e. The highest BCUT2D eigenvalue weighted by molar-refractivity contribution is 5.95. The van der Waals surface area contributed by atoms with Gasteiger partial charge in [0, 0.05) is 31.0 Å². The number of amides is 2. The van der Waals surface area contributed by atoms with E-state index >= 15 is 0 Å². The van der Waals surface area contributed by atoms with Crippen LogP contribution in [0.5, 0.6) is 0 Å². The number of aromatic nitrogens is 2. The summed E-state index contributed by atoms with van der Waals surface area (Å²) in [6.07, 6.45) is 5.20. The number of anilines is 1.